The van der Waals surface area contributed by atoms with Gasteiger partial charge in [0.25, 0.3) is 5.91 Å². The largest absolute Gasteiger partial charge is 0.503 e. The minimum atomic E-state index is -0.961. The first-order valence-electron chi connectivity index (χ1n) is 12.6. The third kappa shape index (κ3) is 4.90. The molecule has 11 heteroatoms. The SMILES string of the molecule is COc1ccc2nc(N3C(=O)C(O)=C(C(=O)c4sc(C)nc4C)C3c3ccc(OCC(C)C)c(OC)c3)sc2c1. The highest BCUT2D eigenvalue weighted by Gasteiger charge is 2.46. The molecule has 0 radical (unpaired) electrons. The second kappa shape index (κ2) is 10.9. The summed E-state index contributed by atoms with van der Waals surface area (Å²) in [5.41, 5.74) is 1.73. The Morgan fingerprint density at radius 1 is 1.05 bits per heavy atom. The van der Waals surface area contributed by atoms with Crippen LogP contribution in [0.1, 0.15) is 45.8 Å². The molecule has 208 valence electrons. The highest BCUT2D eigenvalue weighted by Crippen LogP contribution is 2.46. The Morgan fingerprint density at radius 3 is 2.48 bits per heavy atom. The lowest BCUT2D eigenvalue weighted by molar-refractivity contribution is -0.117. The predicted octanol–water partition coefficient (Wildman–Crippen LogP) is 6.20. The van der Waals surface area contributed by atoms with Crippen molar-refractivity contribution in [3.63, 3.8) is 0 Å². The molecule has 0 saturated heterocycles. The van der Waals surface area contributed by atoms with Crippen molar-refractivity contribution in [2.24, 2.45) is 5.92 Å². The molecular weight excluding hydrogens is 550 g/mol. The van der Waals surface area contributed by atoms with E-state index in [4.69, 9.17) is 14.2 Å². The number of aromatic nitrogens is 2. The molecule has 1 amide bonds. The molecule has 1 atom stereocenters. The van der Waals surface area contributed by atoms with Crippen LogP contribution in [0.5, 0.6) is 17.2 Å². The van der Waals surface area contributed by atoms with Gasteiger partial charge in [-0.1, -0.05) is 31.3 Å². The van der Waals surface area contributed by atoms with Gasteiger partial charge in [-0.15, -0.1) is 11.3 Å². The summed E-state index contributed by atoms with van der Waals surface area (Å²) >= 11 is 2.50. The Bertz CT molecular complexity index is 1650. The number of carbonyl (C=O) groups excluding carboxylic acids is 2. The van der Waals surface area contributed by atoms with Crippen molar-refractivity contribution in [2.75, 3.05) is 25.7 Å². The van der Waals surface area contributed by atoms with Crippen molar-refractivity contribution in [2.45, 2.75) is 33.7 Å². The molecule has 3 heterocycles. The number of aliphatic hydroxyl groups is 1. The zero-order chi connectivity index (χ0) is 28.7. The van der Waals surface area contributed by atoms with Crippen LogP contribution in [0, 0.1) is 19.8 Å². The molecule has 1 aliphatic rings. The van der Waals surface area contributed by atoms with Crippen LogP contribution in [-0.2, 0) is 4.79 Å². The van der Waals surface area contributed by atoms with Gasteiger partial charge in [-0.05, 0) is 55.7 Å². The number of amides is 1. The fraction of sp³-hybridized carbons (Fsp3) is 0.310. The van der Waals surface area contributed by atoms with Crippen LogP contribution in [0.25, 0.3) is 10.2 Å². The Kier molecular flexibility index (Phi) is 7.52. The third-order valence-electron chi connectivity index (χ3n) is 6.43. The number of ether oxygens (including phenoxy) is 3. The zero-order valence-corrected chi connectivity index (χ0v) is 24.6. The molecule has 0 saturated carbocycles. The molecule has 0 fully saturated rings. The molecule has 40 heavy (non-hydrogen) atoms. The van der Waals surface area contributed by atoms with Gasteiger partial charge in [0.2, 0.25) is 5.78 Å². The molecule has 9 nitrogen and oxygen atoms in total. The average molecular weight is 580 g/mol. The van der Waals surface area contributed by atoms with Gasteiger partial charge < -0.3 is 19.3 Å². The molecule has 0 bridgehead atoms. The van der Waals surface area contributed by atoms with Crippen molar-refractivity contribution in [3.05, 3.63) is 68.9 Å². The monoisotopic (exact) mass is 579 g/mol. The summed E-state index contributed by atoms with van der Waals surface area (Å²) in [6, 6.07) is 9.72. The first kappa shape index (κ1) is 27.6. The van der Waals surface area contributed by atoms with Crippen molar-refractivity contribution in [1.29, 1.82) is 0 Å². The smallest absolute Gasteiger partial charge is 0.296 e. The molecule has 0 aliphatic carbocycles. The van der Waals surface area contributed by atoms with Gasteiger partial charge in [0.15, 0.2) is 22.4 Å². The molecule has 5 rings (SSSR count). The molecule has 1 unspecified atom stereocenters. The summed E-state index contributed by atoms with van der Waals surface area (Å²) in [5, 5.41) is 12.2. The van der Waals surface area contributed by atoms with Crippen LogP contribution in [-0.4, -0.2) is 47.6 Å². The van der Waals surface area contributed by atoms with Crippen LogP contribution in [0.3, 0.4) is 0 Å². The van der Waals surface area contributed by atoms with E-state index in [0.717, 1.165) is 4.70 Å². The van der Waals surface area contributed by atoms with Gasteiger partial charge >= 0.3 is 0 Å². The highest BCUT2D eigenvalue weighted by molar-refractivity contribution is 7.22. The third-order valence-corrected chi connectivity index (χ3v) is 8.52. The van der Waals surface area contributed by atoms with Crippen LogP contribution >= 0.6 is 22.7 Å². The van der Waals surface area contributed by atoms with Crippen molar-refractivity contribution >= 4 is 49.7 Å². The lowest BCUT2D eigenvalue weighted by Crippen LogP contribution is -2.31. The summed E-state index contributed by atoms with van der Waals surface area (Å²) in [6.07, 6.45) is 0. The summed E-state index contributed by atoms with van der Waals surface area (Å²) in [5.74, 6) is 0.166. The predicted molar refractivity (Wildman–Crippen MR) is 155 cm³/mol. The molecule has 2 aromatic carbocycles. The number of hydrogen-bond acceptors (Lipinski definition) is 10. The number of aryl methyl sites for hydroxylation is 2. The summed E-state index contributed by atoms with van der Waals surface area (Å²) in [7, 11) is 3.11. The topological polar surface area (TPSA) is 111 Å². The zero-order valence-electron chi connectivity index (χ0n) is 23.0. The van der Waals surface area contributed by atoms with E-state index in [2.05, 4.69) is 9.97 Å². The number of Topliss-reactive ketones (excluding diaryl/α,β-unsaturated/α-hetero) is 1. The van der Waals surface area contributed by atoms with Gasteiger partial charge in [-0.25, -0.2) is 9.97 Å². The second-order valence-corrected chi connectivity index (χ2v) is 12.0. The van der Waals surface area contributed by atoms with E-state index < -0.39 is 23.5 Å². The minimum absolute atomic E-state index is 0.0357. The van der Waals surface area contributed by atoms with E-state index >= 15 is 0 Å². The summed E-state index contributed by atoms with van der Waals surface area (Å²) < 4.78 is 17.7. The van der Waals surface area contributed by atoms with Crippen molar-refractivity contribution in [1.82, 2.24) is 9.97 Å². The van der Waals surface area contributed by atoms with Crippen LogP contribution in [0.2, 0.25) is 0 Å². The number of rotatable bonds is 9. The lowest BCUT2D eigenvalue weighted by Gasteiger charge is -2.25. The number of benzene rings is 2. The van der Waals surface area contributed by atoms with Gasteiger partial charge in [-0.3, -0.25) is 14.5 Å². The molecule has 1 aliphatic heterocycles. The number of nitrogens with zero attached hydrogens (tertiary/aromatic N) is 3. The summed E-state index contributed by atoms with van der Waals surface area (Å²) in [6.45, 7) is 8.13. The van der Waals surface area contributed by atoms with Crippen molar-refractivity contribution in [3.8, 4) is 17.2 Å². The maximum atomic E-state index is 13.9. The van der Waals surface area contributed by atoms with Gasteiger partial charge in [-0.2, -0.15) is 0 Å². The highest BCUT2D eigenvalue weighted by atomic mass is 32.1. The number of ketones is 1. The number of anilines is 1. The molecule has 4 aromatic rings. The summed E-state index contributed by atoms with van der Waals surface area (Å²) in [4.78, 5) is 38.4. The fourth-order valence-electron chi connectivity index (χ4n) is 4.57. The number of hydrogen-bond donors (Lipinski definition) is 1. The van der Waals surface area contributed by atoms with Crippen LogP contribution in [0.4, 0.5) is 5.13 Å². The van der Waals surface area contributed by atoms with Crippen LogP contribution in [0.15, 0.2) is 47.7 Å². The normalized spacial score (nSPS) is 15.4. The maximum absolute atomic E-state index is 13.9. The number of carbonyl (C=O) groups is 2. The lowest BCUT2D eigenvalue weighted by atomic mass is 9.95. The molecule has 1 N–H and O–H groups in total. The standard InChI is InChI=1S/C29H29N3O6S2/c1-14(2)13-38-20-10-7-17(11-21(20)37-6)24-23(25(33)27-15(3)30-16(4)39-27)26(34)28(35)32(24)29-31-19-9-8-18(36-5)12-22(19)40-29/h7-12,14,24,34H,13H2,1-6H3. The molecule has 0 spiro atoms. The van der Waals surface area contributed by atoms with Gasteiger partial charge in [0.1, 0.15) is 5.75 Å². The van der Waals surface area contributed by atoms with Crippen LogP contribution < -0.4 is 19.1 Å². The van der Waals surface area contributed by atoms with E-state index in [-0.39, 0.29) is 5.57 Å². The molecular formula is C29H29N3O6S2. The number of thiazole rings is 2. The fourth-order valence-corrected chi connectivity index (χ4v) is 6.46. The first-order chi connectivity index (χ1) is 19.1. The Hall–Kier alpha value is -3.96. The number of aliphatic hydroxyl groups excluding tert-OH is 1. The van der Waals surface area contributed by atoms with E-state index in [1.165, 1.54) is 34.7 Å². The number of methoxy groups -OCH3 is 2. The Labute approximate surface area is 239 Å². The minimum Gasteiger partial charge on any atom is -0.503 e. The van der Waals surface area contributed by atoms with Gasteiger partial charge in [0.05, 0.1) is 58.2 Å². The van der Waals surface area contributed by atoms with E-state index in [0.29, 0.717) is 61.6 Å². The molecule has 2 aromatic heterocycles. The second-order valence-electron chi connectivity index (χ2n) is 9.76. The van der Waals surface area contributed by atoms with Crippen molar-refractivity contribution < 1.29 is 28.9 Å². The average Bonchev–Trinajstić information content (AvgIpc) is 3.59. The van der Waals surface area contributed by atoms with E-state index in [9.17, 15) is 14.7 Å². The Morgan fingerprint density at radius 2 is 1.82 bits per heavy atom. The number of fused-ring (bicyclic) bond motifs is 1. The van der Waals surface area contributed by atoms with E-state index in [1.54, 1.807) is 44.4 Å². The maximum Gasteiger partial charge on any atom is 0.296 e. The van der Waals surface area contributed by atoms with Gasteiger partial charge in [0, 0.05) is 0 Å². The quantitative estimate of drug-likeness (QED) is 0.233. The van der Waals surface area contributed by atoms with E-state index in [1.807, 2.05) is 26.8 Å². The Balaban J connectivity index is 1.66. The first-order valence-corrected chi connectivity index (χ1v) is 14.3.